The summed E-state index contributed by atoms with van der Waals surface area (Å²) in [5.74, 6) is -1.94. The number of nitro groups is 1. The Balaban J connectivity index is 3.22. The molecule has 1 aromatic carbocycles. The number of esters is 1. The standard InChI is InChI=1S/C10H9NO6/c1-17-10(14)7-3-2-6(5-9(12)13)4-8(7)11(15)16/h2-4H,5H2,1H3,(H,12,13). The van der Waals surface area contributed by atoms with Gasteiger partial charge >= 0.3 is 11.9 Å². The minimum absolute atomic E-state index is 0.202. The highest BCUT2D eigenvalue weighted by Gasteiger charge is 2.21. The van der Waals surface area contributed by atoms with Gasteiger partial charge in [0.15, 0.2) is 0 Å². The van der Waals surface area contributed by atoms with Gasteiger partial charge in [0.2, 0.25) is 0 Å². The van der Waals surface area contributed by atoms with Crippen molar-refractivity contribution in [2.75, 3.05) is 7.11 Å². The molecule has 7 heteroatoms. The number of rotatable bonds is 4. The molecule has 7 nitrogen and oxygen atoms in total. The Kier molecular flexibility index (Phi) is 3.76. The Hall–Kier alpha value is -2.44. The van der Waals surface area contributed by atoms with E-state index in [0.29, 0.717) is 0 Å². The molecule has 0 amide bonds. The van der Waals surface area contributed by atoms with E-state index in [2.05, 4.69) is 4.74 Å². The minimum atomic E-state index is -1.11. The normalized spacial score (nSPS) is 9.71. The van der Waals surface area contributed by atoms with Crippen LogP contribution in [0.15, 0.2) is 18.2 Å². The second-order valence-electron chi connectivity index (χ2n) is 3.17. The molecular formula is C10H9NO6. The molecule has 0 atom stereocenters. The number of benzene rings is 1. The van der Waals surface area contributed by atoms with Crippen molar-refractivity contribution in [2.45, 2.75) is 6.42 Å². The van der Waals surface area contributed by atoms with E-state index in [0.717, 1.165) is 13.2 Å². The fourth-order valence-corrected chi connectivity index (χ4v) is 1.30. The van der Waals surface area contributed by atoms with Crippen LogP contribution in [0.4, 0.5) is 5.69 Å². The molecule has 0 aliphatic rings. The lowest BCUT2D eigenvalue weighted by atomic mass is 10.1. The maximum absolute atomic E-state index is 11.2. The number of carboxylic acids is 1. The van der Waals surface area contributed by atoms with Crippen LogP contribution in [0.3, 0.4) is 0 Å². The van der Waals surface area contributed by atoms with Crippen LogP contribution in [0.2, 0.25) is 0 Å². The molecule has 0 unspecified atom stereocenters. The summed E-state index contributed by atoms with van der Waals surface area (Å²) in [4.78, 5) is 31.7. The van der Waals surface area contributed by atoms with Crippen LogP contribution < -0.4 is 0 Å². The zero-order valence-electron chi connectivity index (χ0n) is 8.87. The van der Waals surface area contributed by atoms with E-state index < -0.39 is 22.5 Å². The van der Waals surface area contributed by atoms with Gasteiger partial charge in [-0.05, 0) is 11.6 Å². The van der Waals surface area contributed by atoms with Crippen LogP contribution in [0.5, 0.6) is 0 Å². The molecule has 0 heterocycles. The number of aliphatic carboxylic acids is 1. The highest BCUT2D eigenvalue weighted by Crippen LogP contribution is 2.21. The van der Waals surface area contributed by atoms with Gasteiger partial charge in [-0.25, -0.2) is 4.79 Å². The van der Waals surface area contributed by atoms with Gasteiger partial charge in [0.05, 0.1) is 18.5 Å². The third-order valence-electron chi connectivity index (χ3n) is 2.02. The van der Waals surface area contributed by atoms with Crippen molar-refractivity contribution in [3.63, 3.8) is 0 Å². The fraction of sp³-hybridized carbons (Fsp3) is 0.200. The Morgan fingerprint density at radius 2 is 2.12 bits per heavy atom. The molecule has 1 N–H and O–H groups in total. The lowest BCUT2D eigenvalue weighted by molar-refractivity contribution is -0.385. The fourth-order valence-electron chi connectivity index (χ4n) is 1.30. The highest BCUT2D eigenvalue weighted by atomic mass is 16.6. The van der Waals surface area contributed by atoms with Crippen molar-refractivity contribution >= 4 is 17.6 Å². The molecule has 17 heavy (non-hydrogen) atoms. The molecular weight excluding hydrogens is 230 g/mol. The monoisotopic (exact) mass is 239 g/mol. The quantitative estimate of drug-likeness (QED) is 0.477. The van der Waals surface area contributed by atoms with Gasteiger partial charge in [0.25, 0.3) is 5.69 Å². The zero-order valence-corrected chi connectivity index (χ0v) is 8.87. The van der Waals surface area contributed by atoms with Crippen LogP contribution in [-0.4, -0.2) is 29.1 Å². The van der Waals surface area contributed by atoms with Gasteiger partial charge in [-0.1, -0.05) is 6.07 Å². The van der Waals surface area contributed by atoms with Gasteiger partial charge in [-0.15, -0.1) is 0 Å². The summed E-state index contributed by atoms with van der Waals surface area (Å²) in [7, 11) is 1.11. The number of carboxylic acid groups (broad SMARTS) is 1. The average molecular weight is 239 g/mol. The molecule has 0 spiro atoms. The average Bonchev–Trinajstić information content (AvgIpc) is 2.27. The van der Waals surface area contributed by atoms with Crippen molar-refractivity contribution in [3.8, 4) is 0 Å². The molecule has 0 saturated heterocycles. The van der Waals surface area contributed by atoms with Gasteiger partial charge in [-0.2, -0.15) is 0 Å². The molecule has 0 fully saturated rings. The number of nitrogens with zero attached hydrogens (tertiary/aromatic N) is 1. The van der Waals surface area contributed by atoms with E-state index in [-0.39, 0.29) is 17.5 Å². The van der Waals surface area contributed by atoms with E-state index in [9.17, 15) is 19.7 Å². The first-order chi connectivity index (χ1) is 7.95. The Morgan fingerprint density at radius 1 is 1.47 bits per heavy atom. The number of methoxy groups -OCH3 is 1. The molecule has 0 radical (unpaired) electrons. The maximum atomic E-state index is 11.2. The highest BCUT2D eigenvalue weighted by molar-refractivity contribution is 5.94. The Bertz CT molecular complexity index is 482. The molecule has 0 saturated carbocycles. The van der Waals surface area contributed by atoms with E-state index in [1.807, 2.05) is 0 Å². The summed E-state index contributed by atoms with van der Waals surface area (Å²) in [5.41, 5.74) is -0.418. The lowest BCUT2D eigenvalue weighted by Gasteiger charge is -2.03. The second-order valence-corrected chi connectivity index (χ2v) is 3.17. The SMILES string of the molecule is COC(=O)c1ccc(CC(=O)O)cc1[N+](=O)[O-]. The van der Waals surface area contributed by atoms with E-state index in [1.54, 1.807) is 0 Å². The Labute approximate surface area is 95.8 Å². The molecule has 0 aliphatic heterocycles. The smallest absolute Gasteiger partial charge is 0.344 e. The van der Waals surface area contributed by atoms with E-state index >= 15 is 0 Å². The summed E-state index contributed by atoms with van der Waals surface area (Å²) < 4.78 is 4.39. The van der Waals surface area contributed by atoms with Crippen molar-refractivity contribution in [1.82, 2.24) is 0 Å². The third kappa shape index (κ3) is 3.00. The molecule has 1 rings (SSSR count). The predicted octanol–water partition coefficient (Wildman–Crippen LogP) is 1.01. The zero-order chi connectivity index (χ0) is 13.0. The van der Waals surface area contributed by atoms with Crippen LogP contribution in [0, 0.1) is 10.1 Å². The van der Waals surface area contributed by atoms with Crippen molar-refractivity contribution < 1.29 is 24.4 Å². The summed E-state index contributed by atoms with van der Waals surface area (Å²) in [6.45, 7) is 0. The Morgan fingerprint density at radius 3 is 2.59 bits per heavy atom. The van der Waals surface area contributed by atoms with Gasteiger partial charge in [-0.3, -0.25) is 14.9 Å². The van der Waals surface area contributed by atoms with Gasteiger partial charge in [0.1, 0.15) is 5.56 Å². The van der Waals surface area contributed by atoms with Gasteiger partial charge in [0, 0.05) is 6.07 Å². The van der Waals surface area contributed by atoms with Crippen LogP contribution in [-0.2, 0) is 16.0 Å². The second kappa shape index (κ2) is 5.06. The largest absolute Gasteiger partial charge is 0.481 e. The molecule has 90 valence electrons. The van der Waals surface area contributed by atoms with E-state index in [4.69, 9.17) is 5.11 Å². The summed E-state index contributed by atoms with van der Waals surface area (Å²) >= 11 is 0. The number of hydrogen-bond acceptors (Lipinski definition) is 5. The summed E-state index contributed by atoms with van der Waals surface area (Å²) in [5, 5.41) is 19.3. The number of nitro benzene ring substituents is 1. The number of ether oxygens (including phenoxy) is 1. The predicted molar refractivity (Wildman–Crippen MR) is 55.8 cm³/mol. The van der Waals surface area contributed by atoms with Crippen LogP contribution in [0.25, 0.3) is 0 Å². The third-order valence-corrected chi connectivity index (χ3v) is 2.02. The first kappa shape index (κ1) is 12.6. The first-order valence-corrected chi connectivity index (χ1v) is 4.53. The van der Waals surface area contributed by atoms with E-state index in [1.165, 1.54) is 12.1 Å². The van der Waals surface area contributed by atoms with Gasteiger partial charge < -0.3 is 9.84 Å². The van der Waals surface area contributed by atoms with Crippen LogP contribution in [0.1, 0.15) is 15.9 Å². The maximum Gasteiger partial charge on any atom is 0.344 e. The van der Waals surface area contributed by atoms with Crippen LogP contribution >= 0.6 is 0 Å². The minimum Gasteiger partial charge on any atom is -0.481 e. The molecule has 0 aromatic heterocycles. The number of carbonyl (C=O) groups is 2. The number of hydrogen-bond donors (Lipinski definition) is 1. The number of carbonyl (C=O) groups excluding carboxylic acids is 1. The topological polar surface area (TPSA) is 107 Å². The first-order valence-electron chi connectivity index (χ1n) is 4.53. The molecule has 0 bridgehead atoms. The van der Waals surface area contributed by atoms with Crippen molar-refractivity contribution in [2.24, 2.45) is 0 Å². The van der Waals surface area contributed by atoms with Crippen molar-refractivity contribution in [3.05, 3.63) is 39.4 Å². The lowest BCUT2D eigenvalue weighted by Crippen LogP contribution is -2.07. The summed E-state index contributed by atoms with van der Waals surface area (Å²) in [6, 6.07) is 3.58. The molecule has 1 aromatic rings. The molecule has 0 aliphatic carbocycles. The van der Waals surface area contributed by atoms with Crippen molar-refractivity contribution in [1.29, 1.82) is 0 Å². The summed E-state index contributed by atoms with van der Waals surface area (Å²) in [6.07, 6.45) is -0.345.